The normalized spacial score (nSPS) is 14.7. The molecule has 3 aromatic carbocycles. The van der Waals surface area contributed by atoms with Gasteiger partial charge in [-0.15, -0.1) is 0 Å². The van der Waals surface area contributed by atoms with Crippen LogP contribution < -0.4 is 11.1 Å². The Balaban J connectivity index is 1.29. The van der Waals surface area contributed by atoms with Gasteiger partial charge in [-0.3, -0.25) is 9.69 Å². The molecule has 1 fully saturated rings. The number of anilines is 1. The van der Waals surface area contributed by atoms with E-state index in [-0.39, 0.29) is 0 Å². The van der Waals surface area contributed by atoms with Crippen LogP contribution in [0.25, 0.3) is 22.2 Å². The van der Waals surface area contributed by atoms with Crippen LogP contribution >= 0.6 is 0 Å². The number of primary amides is 1. The van der Waals surface area contributed by atoms with Crippen molar-refractivity contribution in [2.24, 2.45) is 5.73 Å². The van der Waals surface area contributed by atoms with E-state index in [9.17, 15) is 4.79 Å². The van der Waals surface area contributed by atoms with Crippen molar-refractivity contribution in [3.05, 3.63) is 95.6 Å². The fourth-order valence-electron chi connectivity index (χ4n) is 4.76. The molecule has 5 rings (SSSR count). The molecule has 1 saturated heterocycles. The topological polar surface area (TPSA) is 74.5 Å². The molecule has 2 heterocycles. The summed E-state index contributed by atoms with van der Waals surface area (Å²) >= 11 is 0. The molecule has 1 aliphatic rings. The first kappa shape index (κ1) is 24.0. The molecular formula is C30H33N5O. The molecule has 0 bridgehead atoms. The van der Waals surface area contributed by atoms with Gasteiger partial charge in [0.05, 0.1) is 11.2 Å². The summed E-state index contributed by atoms with van der Waals surface area (Å²) in [6.45, 7) is 9.72. The van der Waals surface area contributed by atoms with Gasteiger partial charge in [-0.25, -0.2) is 4.98 Å². The summed E-state index contributed by atoms with van der Waals surface area (Å²) < 4.78 is 0. The fraction of sp³-hybridized carbons (Fsp3) is 0.267. The minimum Gasteiger partial charge on any atom is -0.380 e. The predicted molar refractivity (Wildman–Crippen MR) is 147 cm³/mol. The molecule has 1 aromatic heterocycles. The summed E-state index contributed by atoms with van der Waals surface area (Å²) in [4.78, 5) is 21.3. The smallest absolute Gasteiger partial charge is 0.248 e. The first-order valence-electron chi connectivity index (χ1n) is 12.7. The molecule has 36 heavy (non-hydrogen) atoms. The van der Waals surface area contributed by atoms with E-state index in [1.54, 1.807) is 12.1 Å². The van der Waals surface area contributed by atoms with Gasteiger partial charge in [0.25, 0.3) is 0 Å². The van der Waals surface area contributed by atoms with Gasteiger partial charge in [0.1, 0.15) is 0 Å². The molecule has 0 spiro atoms. The molecule has 1 aliphatic heterocycles. The molecule has 1 amide bonds. The van der Waals surface area contributed by atoms with Crippen LogP contribution in [0.15, 0.2) is 78.9 Å². The molecule has 4 aromatic rings. The molecule has 6 heteroatoms. The van der Waals surface area contributed by atoms with E-state index in [4.69, 9.17) is 10.7 Å². The van der Waals surface area contributed by atoms with Gasteiger partial charge in [-0.05, 0) is 41.9 Å². The molecule has 0 saturated carbocycles. The number of piperazine rings is 1. The van der Waals surface area contributed by atoms with Crippen LogP contribution in [0.3, 0.4) is 0 Å². The van der Waals surface area contributed by atoms with Gasteiger partial charge >= 0.3 is 0 Å². The Hall–Kier alpha value is -3.74. The van der Waals surface area contributed by atoms with Gasteiger partial charge in [0, 0.05) is 61.5 Å². The third kappa shape index (κ3) is 5.56. The lowest BCUT2D eigenvalue weighted by Crippen LogP contribution is -2.45. The summed E-state index contributed by atoms with van der Waals surface area (Å²) in [6, 6.07) is 26.4. The van der Waals surface area contributed by atoms with E-state index >= 15 is 0 Å². The average molecular weight is 480 g/mol. The van der Waals surface area contributed by atoms with Gasteiger partial charge in [-0.2, -0.15) is 0 Å². The molecule has 184 valence electrons. The molecule has 0 unspecified atom stereocenters. The molecule has 3 N–H and O–H groups in total. The van der Waals surface area contributed by atoms with Crippen LogP contribution in [0.1, 0.15) is 28.4 Å². The van der Waals surface area contributed by atoms with E-state index < -0.39 is 5.91 Å². The highest BCUT2D eigenvalue weighted by molar-refractivity contribution is 5.95. The Bertz CT molecular complexity index is 1330. The number of carbonyl (C=O) groups is 1. The van der Waals surface area contributed by atoms with Crippen molar-refractivity contribution < 1.29 is 4.79 Å². The maximum atomic E-state index is 11.4. The van der Waals surface area contributed by atoms with Gasteiger partial charge in [0.2, 0.25) is 5.91 Å². The van der Waals surface area contributed by atoms with Crippen LogP contribution in [0.2, 0.25) is 0 Å². The van der Waals surface area contributed by atoms with Crippen LogP contribution in [0, 0.1) is 0 Å². The number of nitrogens with zero attached hydrogens (tertiary/aromatic N) is 3. The highest BCUT2D eigenvalue weighted by Gasteiger charge is 2.15. The SMILES string of the molecule is CCN1CCN(Cc2ccc(CNc3cc(-c4ccc(C(N)=O)cc4)nc4ccccc34)cc2)CC1. The summed E-state index contributed by atoms with van der Waals surface area (Å²) in [5.74, 6) is -0.430. The minimum atomic E-state index is -0.430. The number of likely N-dealkylation sites (N-methyl/N-ethyl adjacent to an activating group) is 1. The third-order valence-corrected chi connectivity index (χ3v) is 7.01. The lowest BCUT2D eigenvalue weighted by atomic mass is 10.1. The van der Waals surface area contributed by atoms with E-state index in [2.05, 4.69) is 58.4 Å². The Labute approximate surface area is 212 Å². The van der Waals surface area contributed by atoms with Crippen LogP contribution in [0.4, 0.5) is 5.69 Å². The number of nitrogens with two attached hydrogens (primary N) is 1. The number of amides is 1. The molecule has 0 atom stereocenters. The third-order valence-electron chi connectivity index (χ3n) is 7.01. The monoisotopic (exact) mass is 479 g/mol. The second-order valence-electron chi connectivity index (χ2n) is 9.39. The fourth-order valence-corrected chi connectivity index (χ4v) is 4.76. The highest BCUT2D eigenvalue weighted by Crippen LogP contribution is 2.29. The van der Waals surface area contributed by atoms with E-state index in [0.717, 1.165) is 73.7 Å². The van der Waals surface area contributed by atoms with Crippen LogP contribution in [-0.2, 0) is 13.1 Å². The number of fused-ring (bicyclic) bond motifs is 1. The quantitative estimate of drug-likeness (QED) is 0.382. The van der Waals surface area contributed by atoms with Crippen LogP contribution in [0.5, 0.6) is 0 Å². The molecule has 0 radical (unpaired) electrons. The zero-order chi connectivity index (χ0) is 24.9. The van der Waals surface area contributed by atoms with Crippen molar-refractivity contribution in [1.29, 1.82) is 0 Å². The van der Waals surface area contributed by atoms with Gasteiger partial charge in [0.15, 0.2) is 0 Å². The van der Waals surface area contributed by atoms with Crippen LogP contribution in [-0.4, -0.2) is 53.4 Å². The Morgan fingerprint density at radius 3 is 2.25 bits per heavy atom. The molecule has 6 nitrogen and oxygen atoms in total. The highest BCUT2D eigenvalue weighted by atomic mass is 16.1. The van der Waals surface area contributed by atoms with E-state index in [0.29, 0.717) is 5.56 Å². The van der Waals surface area contributed by atoms with Crippen molar-refractivity contribution in [2.75, 3.05) is 38.0 Å². The zero-order valence-electron chi connectivity index (χ0n) is 20.8. The number of aromatic nitrogens is 1. The van der Waals surface area contributed by atoms with Crippen molar-refractivity contribution in [2.45, 2.75) is 20.0 Å². The summed E-state index contributed by atoms with van der Waals surface area (Å²) in [5.41, 5.74) is 12.2. The number of para-hydroxylation sites is 1. The van der Waals surface area contributed by atoms with Crippen molar-refractivity contribution >= 4 is 22.5 Å². The van der Waals surface area contributed by atoms with E-state index in [1.807, 2.05) is 30.3 Å². The van der Waals surface area contributed by atoms with Crippen molar-refractivity contribution in [3.8, 4) is 11.3 Å². The number of pyridine rings is 1. The second kappa shape index (κ2) is 10.9. The number of nitrogens with one attached hydrogen (secondary N) is 1. The number of benzene rings is 3. The molecular weight excluding hydrogens is 446 g/mol. The molecule has 0 aliphatic carbocycles. The average Bonchev–Trinajstić information content (AvgIpc) is 2.93. The number of hydrogen-bond acceptors (Lipinski definition) is 5. The summed E-state index contributed by atoms with van der Waals surface area (Å²) in [5, 5.41) is 4.71. The second-order valence-corrected chi connectivity index (χ2v) is 9.39. The first-order valence-corrected chi connectivity index (χ1v) is 12.7. The maximum Gasteiger partial charge on any atom is 0.248 e. The summed E-state index contributed by atoms with van der Waals surface area (Å²) in [6.07, 6.45) is 0. The van der Waals surface area contributed by atoms with Crippen molar-refractivity contribution in [3.63, 3.8) is 0 Å². The zero-order valence-corrected chi connectivity index (χ0v) is 20.8. The Morgan fingerprint density at radius 1 is 0.889 bits per heavy atom. The van der Waals surface area contributed by atoms with Gasteiger partial charge < -0.3 is 16.0 Å². The van der Waals surface area contributed by atoms with E-state index in [1.165, 1.54) is 11.1 Å². The lowest BCUT2D eigenvalue weighted by Gasteiger charge is -2.34. The number of rotatable bonds is 8. The minimum absolute atomic E-state index is 0.430. The lowest BCUT2D eigenvalue weighted by molar-refractivity contribution is 0.100. The predicted octanol–water partition coefficient (Wildman–Crippen LogP) is 4.75. The Morgan fingerprint density at radius 2 is 1.56 bits per heavy atom. The first-order chi connectivity index (χ1) is 17.6. The largest absolute Gasteiger partial charge is 0.380 e. The Kier molecular flexibility index (Phi) is 7.26. The van der Waals surface area contributed by atoms with Gasteiger partial charge in [-0.1, -0.05) is 61.5 Å². The number of carbonyl (C=O) groups excluding carboxylic acids is 1. The maximum absolute atomic E-state index is 11.4. The number of hydrogen-bond donors (Lipinski definition) is 2. The standard InChI is InChI=1S/C30H33N5O/c1-2-34-15-17-35(18-16-34)21-23-9-7-22(8-10-23)20-32-29-19-28(33-27-6-4-3-5-26(27)29)24-11-13-25(14-12-24)30(31)36/h3-14,19H,2,15-18,20-21H2,1H3,(H2,31,36)(H,32,33). The van der Waals surface area contributed by atoms with Crippen molar-refractivity contribution in [1.82, 2.24) is 14.8 Å². The summed E-state index contributed by atoms with van der Waals surface area (Å²) in [7, 11) is 0.